The summed E-state index contributed by atoms with van der Waals surface area (Å²) in [6.45, 7) is 1.68. The van der Waals surface area contributed by atoms with E-state index in [4.69, 9.17) is 10.9 Å². The van der Waals surface area contributed by atoms with Gasteiger partial charge in [0.2, 0.25) is 11.8 Å². The molecule has 0 aromatic carbocycles. The number of rotatable bonds is 2. The fourth-order valence-corrected chi connectivity index (χ4v) is 2.39. The molecular weight excluding hydrogens is 224 g/mol. The van der Waals surface area contributed by atoms with Crippen LogP contribution in [0.15, 0.2) is 5.16 Å². The Labute approximate surface area is 98.8 Å². The van der Waals surface area contributed by atoms with Gasteiger partial charge in [0.15, 0.2) is 0 Å². The van der Waals surface area contributed by atoms with Gasteiger partial charge in [0.1, 0.15) is 5.84 Å². The maximum Gasteiger partial charge on any atom is 0.230 e. The summed E-state index contributed by atoms with van der Waals surface area (Å²) in [5, 5.41) is 11.2. The van der Waals surface area contributed by atoms with Gasteiger partial charge < -0.3 is 20.7 Å². The van der Waals surface area contributed by atoms with Gasteiger partial charge in [0.25, 0.3) is 0 Å². The van der Waals surface area contributed by atoms with E-state index < -0.39 is 0 Å². The first-order chi connectivity index (χ1) is 8.11. The third-order valence-corrected chi connectivity index (χ3v) is 3.31. The van der Waals surface area contributed by atoms with Crippen LogP contribution >= 0.6 is 0 Å². The van der Waals surface area contributed by atoms with E-state index in [1.165, 1.54) is 0 Å². The lowest BCUT2D eigenvalue weighted by atomic mass is 10.1. The monoisotopic (exact) mass is 240 g/mol. The number of fused-ring (bicyclic) bond motifs is 1. The number of carbonyl (C=O) groups is 2. The van der Waals surface area contributed by atoms with E-state index in [1.54, 1.807) is 4.90 Å². The molecule has 0 radical (unpaired) electrons. The normalized spacial score (nSPS) is 25.1. The zero-order valence-corrected chi connectivity index (χ0v) is 9.50. The van der Waals surface area contributed by atoms with Crippen LogP contribution in [0.25, 0.3) is 0 Å². The van der Waals surface area contributed by atoms with E-state index >= 15 is 0 Å². The number of nitrogens with zero attached hydrogens (tertiary/aromatic N) is 3. The molecule has 3 N–H and O–H groups in total. The van der Waals surface area contributed by atoms with Crippen molar-refractivity contribution in [3.05, 3.63) is 0 Å². The van der Waals surface area contributed by atoms with E-state index in [1.807, 2.05) is 4.90 Å². The first-order valence-corrected chi connectivity index (χ1v) is 5.65. The molecule has 7 heteroatoms. The number of carbonyl (C=O) groups excluding carboxylic acids is 2. The molecule has 2 saturated heterocycles. The van der Waals surface area contributed by atoms with Crippen LogP contribution < -0.4 is 5.73 Å². The van der Waals surface area contributed by atoms with Gasteiger partial charge in [0.05, 0.1) is 6.42 Å². The number of amidine groups is 1. The molecule has 7 nitrogen and oxygen atoms in total. The average Bonchev–Trinajstić information content (AvgIpc) is 2.70. The Morgan fingerprint density at radius 2 is 2.29 bits per heavy atom. The van der Waals surface area contributed by atoms with Crippen molar-refractivity contribution >= 4 is 17.6 Å². The molecule has 17 heavy (non-hydrogen) atoms. The smallest absolute Gasteiger partial charge is 0.230 e. The molecule has 0 aromatic heterocycles. The minimum atomic E-state index is -0.153. The quantitative estimate of drug-likeness (QED) is 0.278. The van der Waals surface area contributed by atoms with Crippen molar-refractivity contribution in [1.82, 2.24) is 9.80 Å². The molecule has 0 bridgehead atoms. The van der Waals surface area contributed by atoms with Crippen molar-refractivity contribution < 1.29 is 14.8 Å². The molecule has 2 amide bonds. The maximum atomic E-state index is 11.8. The molecule has 94 valence electrons. The largest absolute Gasteiger partial charge is 0.409 e. The number of amides is 2. The second-order valence-electron chi connectivity index (χ2n) is 4.39. The summed E-state index contributed by atoms with van der Waals surface area (Å²) in [4.78, 5) is 26.8. The Hall–Kier alpha value is -1.79. The summed E-state index contributed by atoms with van der Waals surface area (Å²) >= 11 is 0. The van der Waals surface area contributed by atoms with E-state index in [0.29, 0.717) is 26.1 Å². The molecule has 2 rings (SSSR count). The fraction of sp³-hybridized carbons (Fsp3) is 0.700. The summed E-state index contributed by atoms with van der Waals surface area (Å²) in [7, 11) is 0. The predicted octanol–water partition coefficient (Wildman–Crippen LogP) is -1.04. The van der Waals surface area contributed by atoms with Crippen LogP contribution in [0.1, 0.15) is 19.3 Å². The maximum absolute atomic E-state index is 11.8. The van der Waals surface area contributed by atoms with E-state index in [9.17, 15) is 9.59 Å². The lowest BCUT2D eigenvalue weighted by Gasteiger charge is -2.37. The minimum absolute atomic E-state index is 0.0723. The summed E-state index contributed by atoms with van der Waals surface area (Å²) < 4.78 is 0. The van der Waals surface area contributed by atoms with E-state index in [-0.39, 0.29) is 30.1 Å². The molecule has 2 heterocycles. The van der Waals surface area contributed by atoms with Crippen molar-refractivity contribution in [3.63, 3.8) is 0 Å². The van der Waals surface area contributed by atoms with E-state index in [2.05, 4.69) is 5.16 Å². The molecule has 0 aromatic rings. The van der Waals surface area contributed by atoms with Gasteiger partial charge in [-0.25, -0.2) is 0 Å². The number of hydrogen-bond donors (Lipinski definition) is 2. The van der Waals surface area contributed by atoms with Gasteiger partial charge >= 0.3 is 0 Å². The van der Waals surface area contributed by atoms with Crippen molar-refractivity contribution in [2.75, 3.05) is 19.6 Å². The van der Waals surface area contributed by atoms with Crippen LogP contribution in [0.4, 0.5) is 0 Å². The average molecular weight is 240 g/mol. The van der Waals surface area contributed by atoms with Crippen molar-refractivity contribution in [3.8, 4) is 0 Å². The lowest BCUT2D eigenvalue weighted by Crippen LogP contribution is -2.53. The Kier molecular flexibility index (Phi) is 3.16. The number of nitrogens with two attached hydrogens (primary N) is 1. The Morgan fingerprint density at radius 1 is 1.53 bits per heavy atom. The van der Waals surface area contributed by atoms with Crippen molar-refractivity contribution in [2.45, 2.75) is 25.3 Å². The van der Waals surface area contributed by atoms with Gasteiger partial charge in [-0.1, -0.05) is 5.16 Å². The van der Waals surface area contributed by atoms with E-state index in [0.717, 1.165) is 6.42 Å². The summed E-state index contributed by atoms with van der Waals surface area (Å²) in [5.74, 6) is -0.0576. The number of oxime groups is 1. The Bertz CT molecular complexity index is 369. The van der Waals surface area contributed by atoms with Crippen molar-refractivity contribution in [2.24, 2.45) is 10.9 Å². The highest BCUT2D eigenvalue weighted by molar-refractivity contribution is 5.98. The summed E-state index contributed by atoms with van der Waals surface area (Å²) in [6.07, 6.45) is 1.32. The zero-order chi connectivity index (χ0) is 12.4. The molecule has 0 aliphatic carbocycles. The first-order valence-electron chi connectivity index (χ1n) is 5.65. The third-order valence-electron chi connectivity index (χ3n) is 3.31. The standard InChI is InChI=1S/C10H16N4O3/c11-8(12-17)5-10(16)13-3-4-14-7(6-13)1-2-9(14)15/h7,17H,1-6H2,(H2,11,12). The minimum Gasteiger partial charge on any atom is -0.409 e. The van der Waals surface area contributed by atoms with Crippen LogP contribution in [0.3, 0.4) is 0 Å². The fourth-order valence-electron chi connectivity index (χ4n) is 2.39. The van der Waals surface area contributed by atoms with Gasteiger partial charge in [0, 0.05) is 32.1 Å². The number of piperazine rings is 1. The van der Waals surface area contributed by atoms with Gasteiger partial charge in [-0.05, 0) is 6.42 Å². The first kappa shape index (κ1) is 11.7. The molecule has 2 aliphatic rings. The van der Waals surface area contributed by atoms with Crippen LogP contribution in [-0.2, 0) is 9.59 Å². The molecule has 1 atom stereocenters. The molecule has 2 aliphatic heterocycles. The zero-order valence-electron chi connectivity index (χ0n) is 9.50. The molecule has 0 saturated carbocycles. The van der Waals surface area contributed by atoms with Gasteiger partial charge in [-0.2, -0.15) is 0 Å². The lowest BCUT2D eigenvalue weighted by molar-refractivity contribution is -0.138. The SMILES string of the molecule is NC(CC(=O)N1CCN2C(=O)CCC2C1)=NO. The Morgan fingerprint density at radius 3 is 3.00 bits per heavy atom. The number of hydrogen-bond acceptors (Lipinski definition) is 4. The third kappa shape index (κ3) is 2.32. The van der Waals surface area contributed by atoms with Gasteiger partial charge in [-0.15, -0.1) is 0 Å². The highest BCUT2D eigenvalue weighted by Gasteiger charge is 2.36. The highest BCUT2D eigenvalue weighted by Crippen LogP contribution is 2.22. The molecule has 2 fully saturated rings. The highest BCUT2D eigenvalue weighted by atomic mass is 16.4. The van der Waals surface area contributed by atoms with Crippen LogP contribution in [0, 0.1) is 0 Å². The van der Waals surface area contributed by atoms with Crippen LogP contribution in [0.2, 0.25) is 0 Å². The van der Waals surface area contributed by atoms with Crippen LogP contribution in [-0.4, -0.2) is 58.3 Å². The predicted molar refractivity (Wildman–Crippen MR) is 59.3 cm³/mol. The second-order valence-corrected chi connectivity index (χ2v) is 4.39. The Balaban J connectivity index is 1.93. The van der Waals surface area contributed by atoms with Gasteiger partial charge in [-0.3, -0.25) is 9.59 Å². The second kappa shape index (κ2) is 4.60. The molecule has 1 unspecified atom stereocenters. The summed E-state index contributed by atoms with van der Waals surface area (Å²) in [5.41, 5.74) is 5.30. The molecular formula is C10H16N4O3. The summed E-state index contributed by atoms with van der Waals surface area (Å²) in [6, 6.07) is 0.146. The molecule has 0 spiro atoms. The van der Waals surface area contributed by atoms with Crippen LogP contribution in [0.5, 0.6) is 0 Å². The topological polar surface area (TPSA) is 99.2 Å². The van der Waals surface area contributed by atoms with Crippen molar-refractivity contribution in [1.29, 1.82) is 0 Å².